The van der Waals surface area contributed by atoms with E-state index in [2.05, 4.69) is 38.6 Å². The lowest BCUT2D eigenvalue weighted by Gasteiger charge is -2.25. The van der Waals surface area contributed by atoms with Crippen molar-refractivity contribution in [2.24, 2.45) is 0 Å². The number of pyridine rings is 1. The summed E-state index contributed by atoms with van der Waals surface area (Å²) < 4.78 is 2.03. The smallest absolute Gasteiger partial charge is 0.255 e. The van der Waals surface area contributed by atoms with E-state index in [1.165, 1.54) is 5.56 Å². The molecule has 3 aromatic rings. The molecular formula is C26H32ClN7O. The predicted octanol–water partition coefficient (Wildman–Crippen LogP) is 3.67. The fourth-order valence-electron chi connectivity index (χ4n) is 5.07. The lowest BCUT2D eigenvalue weighted by molar-refractivity contribution is 0.0937. The molecule has 0 bridgehead atoms. The zero-order valence-electron chi connectivity index (χ0n) is 20.0. The number of carbonyl (C=O) groups is 1. The fraction of sp³-hybridized carbons (Fsp3) is 0.423. The van der Waals surface area contributed by atoms with Gasteiger partial charge in [0, 0.05) is 53.7 Å². The van der Waals surface area contributed by atoms with Crippen LogP contribution in [0, 0.1) is 0 Å². The second kappa shape index (κ2) is 10.4. The number of nitrogens with one attached hydrogen (secondary N) is 2. The van der Waals surface area contributed by atoms with Crippen molar-refractivity contribution in [3.63, 3.8) is 0 Å². The molecule has 2 saturated heterocycles. The van der Waals surface area contributed by atoms with Gasteiger partial charge in [-0.15, -0.1) is 0 Å². The zero-order chi connectivity index (χ0) is 24.4. The Morgan fingerprint density at radius 1 is 1.20 bits per heavy atom. The average Bonchev–Trinajstić information content (AvgIpc) is 3.55. The summed E-state index contributed by atoms with van der Waals surface area (Å²) in [6.45, 7) is 5.86. The number of amides is 1. The number of nitrogens with zero attached hydrogens (tertiary/aromatic N) is 4. The molecule has 35 heavy (non-hydrogen) atoms. The largest absolute Gasteiger partial charge is 0.383 e. The Morgan fingerprint density at radius 2 is 2.03 bits per heavy atom. The van der Waals surface area contributed by atoms with Crippen LogP contribution in [0.3, 0.4) is 0 Å². The van der Waals surface area contributed by atoms with Crippen LogP contribution in [0.2, 0.25) is 5.02 Å². The maximum absolute atomic E-state index is 13.2. The molecule has 2 aliphatic heterocycles. The molecule has 0 radical (unpaired) electrons. The van der Waals surface area contributed by atoms with Gasteiger partial charge in [0.25, 0.3) is 5.91 Å². The van der Waals surface area contributed by atoms with Crippen LogP contribution in [-0.2, 0) is 0 Å². The molecule has 4 heterocycles. The Balaban J connectivity index is 1.25. The summed E-state index contributed by atoms with van der Waals surface area (Å²) in [5.41, 5.74) is 9.46. The number of piperidine rings is 1. The number of aromatic nitrogens is 3. The molecule has 0 aliphatic carbocycles. The van der Waals surface area contributed by atoms with E-state index in [9.17, 15) is 4.79 Å². The highest BCUT2D eigenvalue weighted by atomic mass is 35.5. The van der Waals surface area contributed by atoms with Gasteiger partial charge in [-0.1, -0.05) is 23.7 Å². The predicted molar refractivity (Wildman–Crippen MR) is 138 cm³/mol. The van der Waals surface area contributed by atoms with Crippen LogP contribution in [-0.4, -0.2) is 57.8 Å². The molecule has 0 saturated carbocycles. The number of nitrogen functional groups attached to an aromatic ring is 1. The number of hydrogen-bond acceptors (Lipinski definition) is 6. The van der Waals surface area contributed by atoms with Crippen molar-refractivity contribution in [2.75, 3.05) is 31.9 Å². The molecular weight excluding hydrogens is 462 g/mol. The van der Waals surface area contributed by atoms with Crippen molar-refractivity contribution in [1.82, 2.24) is 30.3 Å². The zero-order valence-corrected chi connectivity index (χ0v) is 20.7. The van der Waals surface area contributed by atoms with Crippen molar-refractivity contribution < 1.29 is 4.79 Å². The van der Waals surface area contributed by atoms with Gasteiger partial charge in [0.2, 0.25) is 0 Å². The van der Waals surface area contributed by atoms with Crippen LogP contribution in [0.5, 0.6) is 0 Å². The molecule has 1 amide bonds. The standard InChI is InChI=1S/C26H32ClN7O/c1-17(18-3-2-4-21(27)11-18)33-10-7-22(16-33)32-26(35)24-12-19(13-30-25(24)28)20-14-31-34(15-20)23-5-8-29-9-6-23/h2-4,11-15,17,22-23,29H,5-10,16H2,1H3,(H2,28,30)(H,32,35)/t17?,22-/m1/s1. The van der Waals surface area contributed by atoms with Crippen molar-refractivity contribution in [3.8, 4) is 11.1 Å². The second-order valence-electron chi connectivity index (χ2n) is 9.53. The van der Waals surface area contributed by atoms with Gasteiger partial charge in [0.15, 0.2) is 0 Å². The number of anilines is 1. The number of carbonyl (C=O) groups excluding carboxylic acids is 1. The van der Waals surface area contributed by atoms with Crippen LogP contribution in [0.15, 0.2) is 48.9 Å². The van der Waals surface area contributed by atoms with Crippen LogP contribution in [0.1, 0.15) is 54.2 Å². The number of benzene rings is 1. The van der Waals surface area contributed by atoms with Crippen molar-refractivity contribution in [1.29, 1.82) is 0 Å². The monoisotopic (exact) mass is 493 g/mol. The summed E-state index contributed by atoms with van der Waals surface area (Å²) in [7, 11) is 0. The van der Waals surface area contributed by atoms with E-state index in [4.69, 9.17) is 17.3 Å². The lowest BCUT2D eigenvalue weighted by atomic mass is 10.1. The summed E-state index contributed by atoms with van der Waals surface area (Å²) in [6.07, 6.45) is 8.58. The highest BCUT2D eigenvalue weighted by molar-refractivity contribution is 6.30. The number of hydrogen-bond donors (Lipinski definition) is 3. The van der Waals surface area contributed by atoms with Gasteiger partial charge in [-0.2, -0.15) is 5.10 Å². The van der Waals surface area contributed by atoms with Gasteiger partial charge in [0.1, 0.15) is 5.82 Å². The van der Waals surface area contributed by atoms with Crippen molar-refractivity contribution >= 4 is 23.3 Å². The van der Waals surface area contributed by atoms with E-state index in [-0.39, 0.29) is 23.8 Å². The van der Waals surface area contributed by atoms with Gasteiger partial charge < -0.3 is 16.4 Å². The summed E-state index contributed by atoms with van der Waals surface area (Å²) in [4.78, 5) is 19.8. The van der Waals surface area contributed by atoms with Crippen LogP contribution < -0.4 is 16.4 Å². The minimum atomic E-state index is -0.190. The fourth-order valence-corrected chi connectivity index (χ4v) is 5.27. The van der Waals surface area contributed by atoms with Gasteiger partial charge in [0.05, 0.1) is 17.8 Å². The normalized spacial score (nSPS) is 20.1. The van der Waals surface area contributed by atoms with E-state index >= 15 is 0 Å². The minimum Gasteiger partial charge on any atom is -0.383 e. The number of likely N-dealkylation sites (tertiary alicyclic amines) is 1. The first-order valence-electron chi connectivity index (χ1n) is 12.3. The molecule has 2 fully saturated rings. The second-order valence-corrected chi connectivity index (χ2v) is 9.97. The first-order chi connectivity index (χ1) is 17.0. The van der Waals surface area contributed by atoms with Crippen LogP contribution in [0.25, 0.3) is 11.1 Å². The average molecular weight is 494 g/mol. The third-order valence-corrected chi connectivity index (χ3v) is 7.45. The quantitative estimate of drug-likeness (QED) is 0.484. The summed E-state index contributed by atoms with van der Waals surface area (Å²) in [5.74, 6) is 0.0454. The third-order valence-electron chi connectivity index (χ3n) is 7.21. The van der Waals surface area contributed by atoms with Crippen molar-refractivity contribution in [3.05, 3.63) is 65.1 Å². The van der Waals surface area contributed by atoms with Crippen LogP contribution >= 0.6 is 11.6 Å². The highest BCUT2D eigenvalue weighted by Gasteiger charge is 2.29. The Kier molecular flexibility index (Phi) is 7.04. The molecule has 2 atom stereocenters. The highest BCUT2D eigenvalue weighted by Crippen LogP contribution is 2.28. The minimum absolute atomic E-state index is 0.0508. The van der Waals surface area contributed by atoms with E-state index < -0.39 is 0 Å². The van der Waals surface area contributed by atoms with E-state index in [1.807, 2.05) is 41.3 Å². The summed E-state index contributed by atoms with van der Waals surface area (Å²) >= 11 is 6.17. The molecule has 0 spiro atoms. The Morgan fingerprint density at radius 3 is 2.83 bits per heavy atom. The van der Waals surface area contributed by atoms with Crippen molar-refractivity contribution in [2.45, 2.75) is 44.3 Å². The SMILES string of the molecule is CC(c1cccc(Cl)c1)N1CC[C@@H](NC(=O)c2cc(-c3cnn(C4CCNCC4)c3)cnc2N)C1. The maximum Gasteiger partial charge on any atom is 0.255 e. The Bertz CT molecular complexity index is 1190. The summed E-state index contributed by atoms with van der Waals surface area (Å²) in [5, 5.41) is 11.9. The number of rotatable bonds is 6. The molecule has 5 rings (SSSR count). The van der Waals surface area contributed by atoms with E-state index in [0.717, 1.165) is 61.6 Å². The molecule has 2 aromatic heterocycles. The van der Waals surface area contributed by atoms with E-state index in [0.29, 0.717) is 11.6 Å². The lowest BCUT2D eigenvalue weighted by Crippen LogP contribution is -2.38. The molecule has 9 heteroatoms. The molecule has 1 aromatic carbocycles. The van der Waals surface area contributed by atoms with E-state index in [1.54, 1.807) is 6.20 Å². The number of nitrogens with two attached hydrogens (primary N) is 1. The Hall–Kier alpha value is -2.94. The molecule has 1 unspecified atom stereocenters. The van der Waals surface area contributed by atoms with Gasteiger partial charge in [-0.25, -0.2) is 4.98 Å². The Labute approximate surface area is 210 Å². The first-order valence-corrected chi connectivity index (χ1v) is 12.7. The van der Waals surface area contributed by atoms with Gasteiger partial charge >= 0.3 is 0 Å². The molecule has 8 nitrogen and oxygen atoms in total. The molecule has 2 aliphatic rings. The molecule has 184 valence electrons. The van der Waals surface area contributed by atoms with Gasteiger partial charge in [-0.05, 0) is 63.0 Å². The molecule has 4 N–H and O–H groups in total. The van der Waals surface area contributed by atoms with Crippen LogP contribution in [0.4, 0.5) is 5.82 Å². The maximum atomic E-state index is 13.2. The third kappa shape index (κ3) is 5.34. The first kappa shape index (κ1) is 23.8. The topological polar surface area (TPSA) is 101 Å². The summed E-state index contributed by atoms with van der Waals surface area (Å²) in [6, 6.07) is 10.4. The van der Waals surface area contributed by atoms with Gasteiger partial charge in [-0.3, -0.25) is 14.4 Å². The number of halogens is 1.